The molecule has 0 atom stereocenters. The molecule has 25 heavy (non-hydrogen) atoms. The van der Waals surface area contributed by atoms with Crippen molar-refractivity contribution in [3.8, 4) is 6.07 Å². The molecule has 0 radical (unpaired) electrons. The number of hydrogen-bond acceptors (Lipinski definition) is 4. The number of amides is 1. The Morgan fingerprint density at radius 3 is 2.60 bits per heavy atom. The molecule has 0 saturated heterocycles. The fourth-order valence-electron chi connectivity index (χ4n) is 2.75. The summed E-state index contributed by atoms with van der Waals surface area (Å²) in [5.41, 5.74) is 2.48. The van der Waals surface area contributed by atoms with Crippen LogP contribution in [-0.4, -0.2) is 29.8 Å². The van der Waals surface area contributed by atoms with Crippen molar-refractivity contribution in [3.63, 3.8) is 0 Å². The molecule has 7 heteroatoms. The monoisotopic (exact) mass is 342 g/mol. The van der Waals surface area contributed by atoms with Gasteiger partial charge >= 0.3 is 0 Å². The number of Topliss-reactive ketones (excluding diaryl/α,β-unsaturated/α-hetero) is 1. The quantitative estimate of drug-likeness (QED) is 0.555. The van der Waals surface area contributed by atoms with E-state index in [0.29, 0.717) is 34.7 Å². The third kappa shape index (κ3) is 3.86. The number of carbonyl (C=O) groups excluding carboxylic acids is 2. The van der Waals surface area contributed by atoms with Crippen molar-refractivity contribution in [2.24, 2.45) is 0 Å². The number of benzene rings is 1. The Labute approximate surface area is 145 Å². The number of nitriles is 1. The third-order valence-electron chi connectivity index (χ3n) is 3.87. The molecule has 0 fully saturated rings. The summed E-state index contributed by atoms with van der Waals surface area (Å²) >= 11 is 0. The fourth-order valence-corrected chi connectivity index (χ4v) is 2.75. The van der Waals surface area contributed by atoms with Gasteiger partial charge in [-0.2, -0.15) is 5.26 Å². The van der Waals surface area contributed by atoms with Gasteiger partial charge < -0.3 is 15.6 Å². The molecule has 0 saturated carbocycles. The van der Waals surface area contributed by atoms with Gasteiger partial charge in [0.25, 0.3) is 5.91 Å². The lowest BCUT2D eigenvalue weighted by Gasteiger charge is -2.09. The van der Waals surface area contributed by atoms with E-state index in [1.165, 1.54) is 19.1 Å². The van der Waals surface area contributed by atoms with Crippen LogP contribution >= 0.6 is 0 Å². The molecular formula is C18H19FN4O2. The van der Waals surface area contributed by atoms with Crippen LogP contribution in [0.5, 0.6) is 0 Å². The average Bonchev–Trinajstić information content (AvgIpc) is 2.86. The first-order valence-electron chi connectivity index (χ1n) is 7.77. The minimum atomic E-state index is -0.592. The zero-order valence-corrected chi connectivity index (χ0v) is 14.3. The van der Waals surface area contributed by atoms with Crippen LogP contribution in [0.3, 0.4) is 0 Å². The topological polar surface area (TPSA) is 97.8 Å². The van der Waals surface area contributed by atoms with Gasteiger partial charge in [0, 0.05) is 24.3 Å². The summed E-state index contributed by atoms with van der Waals surface area (Å²) in [7, 11) is 0. The van der Waals surface area contributed by atoms with Crippen LogP contribution in [0, 0.1) is 31.0 Å². The van der Waals surface area contributed by atoms with Crippen LogP contribution in [-0.2, 0) is 0 Å². The second-order valence-electron chi connectivity index (χ2n) is 5.64. The van der Waals surface area contributed by atoms with Crippen molar-refractivity contribution in [2.75, 3.05) is 18.4 Å². The Hall–Kier alpha value is -3.14. The largest absolute Gasteiger partial charge is 0.382 e. The molecule has 2 aromatic rings. The van der Waals surface area contributed by atoms with E-state index in [1.807, 2.05) is 0 Å². The lowest BCUT2D eigenvalue weighted by Crippen LogP contribution is -2.29. The number of nitrogens with zero attached hydrogens (tertiary/aromatic N) is 1. The van der Waals surface area contributed by atoms with Gasteiger partial charge in [-0.3, -0.25) is 9.59 Å². The van der Waals surface area contributed by atoms with Crippen molar-refractivity contribution in [1.82, 2.24) is 10.3 Å². The van der Waals surface area contributed by atoms with Gasteiger partial charge in [0.15, 0.2) is 5.78 Å². The summed E-state index contributed by atoms with van der Waals surface area (Å²) in [5, 5.41) is 14.6. The number of H-pyrrole nitrogens is 1. The molecule has 0 bridgehead atoms. The highest BCUT2D eigenvalue weighted by Gasteiger charge is 2.19. The van der Waals surface area contributed by atoms with Crippen LogP contribution in [0.1, 0.15) is 44.6 Å². The van der Waals surface area contributed by atoms with E-state index in [9.17, 15) is 14.0 Å². The number of carbonyl (C=O) groups is 2. The van der Waals surface area contributed by atoms with Gasteiger partial charge in [-0.05, 0) is 38.5 Å². The SMILES string of the molecule is CC(=O)c1c(C)[nH]c(C(=O)NCCNc2cccc(F)c2C#N)c1C. The number of nitrogens with one attached hydrogen (secondary N) is 3. The molecule has 1 heterocycles. The molecule has 0 aliphatic rings. The number of aromatic amines is 1. The Morgan fingerprint density at radius 1 is 1.28 bits per heavy atom. The van der Waals surface area contributed by atoms with Crippen molar-refractivity contribution >= 4 is 17.4 Å². The molecule has 6 nitrogen and oxygen atoms in total. The maximum Gasteiger partial charge on any atom is 0.268 e. The van der Waals surface area contributed by atoms with Crippen molar-refractivity contribution in [2.45, 2.75) is 20.8 Å². The number of aromatic nitrogens is 1. The Kier molecular flexibility index (Phi) is 5.55. The summed E-state index contributed by atoms with van der Waals surface area (Å²) in [5.74, 6) is -1.01. The number of aryl methyl sites for hydroxylation is 1. The molecular weight excluding hydrogens is 323 g/mol. The molecule has 1 aromatic carbocycles. The fraction of sp³-hybridized carbons (Fsp3) is 0.278. The van der Waals surface area contributed by atoms with E-state index >= 15 is 0 Å². The molecule has 1 aromatic heterocycles. The Bertz CT molecular complexity index is 865. The van der Waals surface area contributed by atoms with Crippen LogP contribution in [0.25, 0.3) is 0 Å². The average molecular weight is 342 g/mol. The summed E-state index contributed by atoms with van der Waals surface area (Å²) in [6.07, 6.45) is 0. The number of ketones is 1. The second-order valence-corrected chi connectivity index (χ2v) is 5.64. The highest BCUT2D eigenvalue weighted by molar-refractivity contribution is 6.02. The summed E-state index contributed by atoms with van der Waals surface area (Å²) in [4.78, 5) is 26.8. The minimum absolute atomic E-state index is 0.0595. The lowest BCUT2D eigenvalue weighted by molar-refractivity contribution is 0.0950. The first kappa shape index (κ1) is 18.2. The maximum absolute atomic E-state index is 13.5. The third-order valence-corrected chi connectivity index (χ3v) is 3.87. The first-order valence-corrected chi connectivity index (χ1v) is 7.77. The van der Waals surface area contributed by atoms with Crippen molar-refractivity contribution in [3.05, 3.63) is 52.1 Å². The summed E-state index contributed by atoms with van der Waals surface area (Å²) in [6, 6.07) is 6.13. The minimum Gasteiger partial charge on any atom is -0.382 e. The molecule has 3 N–H and O–H groups in total. The van der Waals surface area contributed by atoms with E-state index in [4.69, 9.17) is 5.26 Å². The molecule has 0 unspecified atom stereocenters. The molecule has 0 spiro atoms. The van der Waals surface area contributed by atoms with Gasteiger partial charge in [0.05, 0.1) is 5.69 Å². The molecule has 1 amide bonds. The number of halogens is 1. The number of rotatable bonds is 6. The number of anilines is 1. The molecule has 2 rings (SSSR count). The Balaban J connectivity index is 1.96. The number of hydrogen-bond donors (Lipinski definition) is 3. The predicted molar refractivity (Wildman–Crippen MR) is 92.2 cm³/mol. The smallest absolute Gasteiger partial charge is 0.268 e. The van der Waals surface area contributed by atoms with Crippen LogP contribution in [0.15, 0.2) is 18.2 Å². The predicted octanol–water partition coefficient (Wildman–Crippen LogP) is 2.69. The zero-order chi connectivity index (χ0) is 18.6. The van der Waals surface area contributed by atoms with E-state index < -0.39 is 5.82 Å². The van der Waals surface area contributed by atoms with Crippen LogP contribution < -0.4 is 10.6 Å². The van der Waals surface area contributed by atoms with Crippen LogP contribution in [0.2, 0.25) is 0 Å². The van der Waals surface area contributed by atoms with Crippen molar-refractivity contribution in [1.29, 1.82) is 5.26 Å². The summed E-state index contributed by atoms with van der Waals surface area (Å²) < 4.78 is 13.5. The van der Waals surface area contributed by atoms with Gasteiger partial charge in [-0.25, -0.2) is 4.39 Å². The van der Waals surface area contributed by atoms with Gasteiger partial charge in [-0.15, -0.1) is 0 Å². The lowest BCUT2D eigenvalue weighted by atomic mass is 10.1. The summed E-state index contributed by atoms with van der Waals surface area (Å²) in [6.45, 7) is 5.52. The zero-order valence-electron chi connectivity index (χ0n) is 14.3. The standard InChI is InChI=1S/C18H19FN4O2/c1-10-16(12(3)24)11(2)23-17(10)18(25)22-8-7-21-15-6-4-5-14(19)13(15)9-20/h4-6,21,23H,7-8H2,1-3H3,(H,22,25). The van der Waals surface area contributed by atoms with E-state index in [1.54, 1.807) is 26.0 Å². The second kappa shape index (κ2) is 7.62. The maximum atomic E-state index is 13.5. The van der Waals surface area contributed by atoms with E-state index in [0.717, 1.165) is 0 Å². The highest BCUT2D eigenvalue weighted by atomic mass is 19.1. The van der Waals surface area contributed by atoms with E-state index in [-0.39, 0.29) is 23.8 Å². The van der Waals surface area contributed by atoms with Gasteiger partial charge in [-0.1, -0.05) is 6.07 Å². The normalized spacial score (nSPS) is 10.2. The van der Waals surface area contributed by atoms with Gasteiger partial charge in [0.1, 0.15) is 23.1 Å². The molecule has 0 aliphatic heterocycles. The van der Waals surface area contributed by atoms with Gasteiger partial charge in [0.2, 0.25) is 0 Å². The van der Waals surface area contributed by atoms with Crippen LogP contribution in [0.4, 0.5) is 10.1 Å². The first-order chi connectivity index (χ1) is 11.9. The van der Waals surface area contributed by atoms with E-state index in [2.05, 4.69) is 15.6 Å². The molecule has 0 aliphatic carbocycles. The highest BCUT2D eigenvalue weighted by Crippen LogP contribution is 2.19. The Morgan fingerprint density at radius 2 is 2.00 bits per heavy atom. The molecule has 130 valence electrons. The van der Waals surface area contributed by atoms with Crippen molar-refractivity contribution < 1.29 is 14.0 Å².